The Bertz CT molecular complexity index is 909. The fraction of sp³-hybridized carbons (Fsp3) is 0.316. The van der Waals surface area contributed by atoms with Crippen LogP contribution < -0.4 is 5.32 Å². The van der Waals surface area contributed by atoms with E-state index in [0.717, 1.165) is 14.8 Å². The van der Waals surface area contributed by atoms with E-state index in [0.29, 0.717) is 5.69 Å². The first-order chi connectivity index (χ1) is 12.1. The maximum Gasteiger partial charge on any atom is 0.242 e. The molecule has 26 heavy (non-hydrogen) atoms. The lowest BCUT2D eigenvalue weighted by Gasteiger charge is -2.15. The number of nitrogens with zero attached hydrogens (tertiary/aromatic N) is 1. The summed E-state index contributed by atoms with van der Waals surface area (Å²) < 4.78 is 25.6. The number of carbonyl (C=O) groups excluding carboxylic acids is 1. The summed E-state index contributed by atoms with van der Waals surface area (Å²) in [4.78, 5) is 13.7. The van der Waals surface area contributed by atoms with Crippen LogP contribution in [0, 0.1) is 13.8 Å². The molecule has 0 heterocycles. The highest BCUT2D eigenvalue weighted by Crippen LogP contribution is 2.28. The number of anilines is 1. The zero-order valence-electron chi connectivity index (χ0n) is 15.6. The van der Waals surface area contributed by atoms with Crippen LogP contribution in [0.1, 0.15) is 18.1 Å². The summed E-state index contributed by atoms with van der Waals surface area (Å²) in [6.07, 6.45) is 0. The van der Waals surface area contributed by atoms with Crippen molar-refractivity contribution in [2.45, 2.75) is 35.8 Å². The molecule has 2 aromatic rings. The first-order valence-electron chi connectivity index (χ1n) is 8.18. The monoisotopic (exact) mass is 392 g/mol. The van der Waals surface area contributed by atoms with Crippen molar-refractivity contribution in [2.75, 3.05) is 19.4 Å². The molecule has 0 spiro atoms. The first kappa shape index (κ1) is 20.5. The second-order valence-corrected chi connectivity index (χ2v) is 9.87. The Balaban J connectivity index is 2.12. The van der Waals surface area contributed by atoms with E-state index in [9.17, 15) is 13.2 Å². The Morgan fingerprint density at radius 3 is 2.42 bits per heavy atom. The molecule has 2 aromatic carbocycles. The van der Waals surface area contributed by atoms with Gasteiger partial charge in [0.2, 0.25) is 15.9 Å². The lowest BCUT2D eigenvalue weighted by atomic mass is 10.2. The Morgan fingerprint density at radius 2 is 1.81 bits per heavy atom. The van der Waals surface area contributed by atoms with Crippen molar-refractivity contribution in [2.24, 2.45) is 0 Å². The molecule has 0 aliphatic heterocycles. The van der Waals surface area contributed by atoms with Crippen LogP contribution in [0.5, 0.6) is 0 Å². The third kappa shape index (κ3) is 4.87. The molecular weight excluding hydrogens is 368 g/mol. The van der Waals surface area contributed by atoms with Crippen molar-refractivity contribution < 1.29 is 13.2 Å². The molecule has 0 saturated heterocycles. The van der Waals surface area contributed by atoms with Crippen molar-refractivity contribution in [3.8, 4) is 0 Å². The topological polar surface area (TPSA) is 66.5 Å². The number of hydrogen-bond acceptors (Lipinski definition) is 4. The van der Waals surface area contributed by atoms with Gasteiger partial charge in [-0.05, 0) is 50.6 Å². The van der Waals surface area contributed by atoms with Gasteiger partial charge in [-0.2, -0.15) is 0 Å². The van der Waals surface area contributed by atoms with Gasteiger partial charge in [-0.25, -0.2) is 12.7 Å². The highest BCUT2D eigenvalue weighted by Gasteiger charge is 2.19. The highest BCUT2D eigenvalue weighted by atomic mass is 32.2. The molecule has 7 heteroatoms. The van der Waals surface area contributed by atoms with Crippen LogP contribution in [-0.2, 0) is 14.8 Å². The van der Waals surface area contributed by atoms with E-state index in [1.165, 1.54) is 43.6 Å². The van der Waals surface area contributed by atoms with Gasteiger partial charge in [0.25, 0.3) is 0 Å². The van der Waals surface area contributed by atoms with E-state index in [-0.39, 0.29) is 16.1 Å². The summed E-state index contributed by atoms with van der Waals surface area (Å²) in [5.41, 5.74) is 2.78. The van der Waals surface area contributed by atoms with E-state index in [1.54, 1.807) is 12.1 Å². The molecule has 0 aliphatic carbocycles. The van der Waals surface area contributed by atoms with Crippen LogP contribution in [-0.4, -0.2) is 38.0 Å². The summed E-state index contributed by atoms with van der Waals surface area (Å²) >= 11 is 1.48. The average Bonchev–Trinajstić information content (AvgIpc) is 2.57. The number of thioether (sulfide) groups is 1. The van der Waals surface area contributed by atoms with Crippen LogP contribution >= 0.6 is 11.8 Å². The predicted molar refractivity (Wildman–Crippen MR) is 107 cm³/mol. The number of carbonyl (C=O) groups is 1. The number of nitrogens with one attached hydrogen (secondary N) is 1. The number of hydrogen-bond donors (Lipinski definition) is 1. The van der Waals surface area contributed by atoms with Gasteiger partial charge in [-0.1, -0.05) is 23.8 Å². The maximum atomic E-state index is 12.5. The number of rotatable bonds is 6. The molecule has 0 aromatic heterocycles. The van der Waals surface area contributed by atoms with Gasteiger partial charge in [0.1, 0.15) is 0 Å². The van der Waals surface area contributed by atoms with E-state index >= 15 is 0 Å². The summed E-state index contributed by atoms with van der Waals surface area (Å²) in [6.45, 7) is 5.89. The number of aryl methyl sites for hydroxylation is 2. The van der Waals surface area contributed by atoms with Gasteiger partial charge < -0.3 is 5.32 Å². The third-order valence-corrected chi connectivity index (χ3v) is 6.97. The van der Waals surface area contributed by atoms with Crippen LogP contribution in [0.2, 0.25) is 0 Å². The average molecular weight is 393 g/mol. The van der Waals surface area contributed by atoms with Crippen LogP contribution in [0.4, 0.5) is 5.69 Å². The molecule has 0 radical (unpaired) electrons. The van der Waals surface area contributed by atoms with Crippen molar-refractivity contribution in [3.63, 3.8) is 0 Å². The molecule has 1 amide bonds. The molecule has 5 nitrogen and oxygen atoms in total. The van der Waals surface area contributed by atoms with Crippen molar-refractivity contribution in [1.29, 1.82) is 0 Å². The van der Waals surface area contributed by atoms with Gasteiger partial charge in [0.05, 0.1) is 10.1 Å². The van der Waals surface area contributed by atoms with Crippen LogP contribution in [0.15, 0.2) is 52.3 Å². The van der Waals surface area contributed by atoms with Gasteiger partial charge >= 0.3 is 0 Å². The highest BCUT2D eigenvalue weighted by molar-refractivity contribution is 8.00. The lowest BCUT2D eigenvalue weighted by Crippen LogP contribution is -2.24. The number of amides is 1. The Morgan fingerprint density at radius 1 is 1.12 bits per heavy atom. The second kappa shape index (κ2) is 8.24. The van der Waals surface area contributed by atoms with Crippen molar-refractivity contribution in [3.05, 3.63) is 53.6 Å². The van der Waals surface area contributed by atoms with Crippen molar-refractivity contribution >= 4 is 33.4 Å². The zero-order valence-corrected chi connectivity index (χ0v) is 17.2. The van der Waals surface area contributed by atoms with Gasteiger partial charge in [0.15, 0.2) is 0 Å². The molecule has 0 bridgehead atoms. The van der Waals surface area contributed by atoms with E-state index in [1.807, 2.05) is 32.9 Å². The van der Waals surface area contributed by atoms with Crippen LogP contribution in [0.25, 0.3) is 0 Å². The third-order valence-electron chi connectivity index (χ3n) is 3.88. The van der Waals surface area contributed by atoms with E-state index in [2.05, 4.69) is 11.4 Å². The van der Waals surface area contributed by atoms with Gasteiger partial charge in [-0.15, -0.1) is 11.8 Å². The molecule has 0 aliphatic rings. The summed E-state index contributed by atoms with van der Waals surface area (Å²) in [7, 11) is -0.586. The minimum Gasteiger partial charge on any atom is -0.325 e. The second-order valence-electron chi connectivity index (χ2n) is 6.33. The van der Waals surface area contributed by atoms with E-state index in [4.69, 9.17) is 0 Å². The first-order valence-corrected chi connectivity index (χ1v) is 10.5. The Labute approximate surface area is 159 Å². The van der Waals surface area contributed by atoms with Crippen LogP contribution in [0.3, 0.4) is 0 Å². The Kier molecular flexibility index (Phi) is 6.49. The minimum atomic E-state index is -3.54. The molecule has 1 atom stereocenters. The smallest absolute Gasteiger partial charge is 0.242 e. The maximum absolute atomic E-state index is 12.5. The largest absolute Gasteiger partial charge is 0.325 e. The Hall–Kier alpha value is -1.83. The standard InChI is InChI=1S/C19H24N2O3S2/c1-13-9-10-18(14(2)11-13)25-15(3)19(22)20-16-7-6-8-17(12-16)26(23,24)21(4)5/h6-12,15H,1-5H3,(H,20,22)/t15-/m0/s1. The molecule has 1 N–H and O–H groups in total. The summed E-state index contributed by atoms with van der Waals surface area (Å²) in [5.74, 6) is -0.172. The predicted octanol–water partition coefficient (Wildman–Crippen LogP) is 3.67. The molecule has 0 saturated carbocycles. The van der Waals surface area contributed by atoms with Gasteiger partial charge in [0, 0.05) is 24.7 Å². The SMILES string of the molecule is Cc1ccc(S[C@@H](C)C(=O)Nc2cccc(S(=O)(=O)N(C)C)c2)c(C)c1. The van der Waals surface area contributed by atoms with Crippen molar-refractivity contribution in [1.82, 2.24) is 4.31 Å². The molecule has 0 fully saturated rings. The van der Waals surface area contributed by atoms with Gasteiger partial charge in [-0.3, -0.25) is 4.79 Å². The minimum absolute atomic E-state index is 0.148. The quantitative estimate of drug-likeness (QED) is 0.762. The molecule has 2 rings (SSSR count). The number of benzene rings is 2. The lowest BCUT2D eigenvalue weighted by molar-refractivity contribution is -0.115. The number of sulfonamides is 1. The van der Waals surface area contributed by atoms with E-state index < -0.39 is 10.0 Å². The normalized spacial score (nSPS) is 12.8. The summed E-state index contributed by atoms with van der Waals surface area (Å²) in [5, 5.41) is 2.49. The molecular formula is C19H24N2O3S2. The fourth-order valence-electron chi connectivity index (χ4n) is 2.36. The molecule has 140 valence electrons. The zero-order chi connectivity index (χ0) is 19.5. The fourth-order valence-corrected chi connectivity index (χ4v) is 4.25. The molecule has 0 unspecified atom stereocenters. The summed E-state index contributed by atoms with van der Waals surface area (Å²) in [6, 6.07) is 12.4.